The number of aromatic nitrogens is 4. The molecule has 0 fully saturated rings. The smallest absolute Gasteiger partial charge is 0.269 e. The molecule has 0 saturated heterocycles. The van der Waals surface area contributed by atoms with E-state index >= 15 is 0 Å². The van der Waals surface area contributed by atoms with Crippen molar-refractivity contribution >= 4 is 23.1 Å². The van der Waals surface area contributed by atoms with Gasteiger partial charge < -0.3 is 5.32 Å². The molecule has 4 rings (SSSR count). The molecule has 162 valence electrons. The largest absolute Gasteiger partial charge is 0.354 e. The zero-order chi connectivity index (χ0) is 22.8. The Balaban J connectivity index is 1.72. The molecule has 0 aliphatic heterocycles. The Morgan fingerprint density at radius 2 is 1.88 bits per heavy atom. The first-order valence-electron chi connectivity index (χ1n) is 10.00. The first kappa shape index (κ1) is 21.1. The molecule has 0 aromatic carbocycles. The van der Waals surface area contributed by atoms with Crippen LogP contribution in [0.4, 0.5) is 10.2 Å². The number of pyridine rings is 3. The van der Waals surface area contributed by atoms with Crippen molar-refractivity contribution in [3.05, 3.63) is 78.3 Å². The van der Waals surface area contributed by atoms with E-state index in [9.17, 15) is 14.0 Å². The molecule has 0 bridgehead atoms. The maximum atomic E-state index is 13.3. The quantitative estimate of drug-likeness (QED) is 0.522. The normalized spacial score (nSPS) is 11.0. The molecule has 0 saturated carbocycles. The summed E-state index contributed by atoms with van der Waals surface area (Å²) in [4.78, 5) is 34.9. The predicted molar refractivity (Wildman–Crippen MR) is 118 cm³/mol. The van der Waals surface area contributed by atoms with E-state index in [4.69, 9.17) is 0 Å². The van der Waals surface area contributed by atoms with Crippen LogP contribution >= 0.6 is 0 Å². The molecule has 9 heteroatoms. The number of anilines is 1. The van der Waals surface area contributed by atoms with Gasteiger partial charge >= 0.3 is 0 Å². The summed E-state index contributed by atoms with van der Waals surface area (Å²) in [6, 6.07) is 9.41. The molecular formula is C23H21FN6O2. The fourth-order valence-electron chi connectivity index (χ4n) is 3.40. The van der Waals surface area contributed by atoms with Gasteiger partial charge in [0.15, 0.2) is 0 Å². The van der Waals surface area contributed by atoms with Crippen molar-refractivity contribution < 1.29 is 14.0 Å². The standard InChI is InChI=1S/C23H21FN6O2/c1-14(2)30(21-7-5-17(24)12-27-21)23(32)15-8-9-29-20(10-15)18(13-28-29)16-4-6-19(26-11-16)22(31)25-3/h4-14H,1-3H3,(H,25,31). The Morgan fingerprint density at radius 1 is 1.06 bits per heavy atom. The molecular weight excluding hydrogens is 411 g/mol. The summed E-state index contributed by atoms with van der Waals surface area (Å²) in [5.74, 6) is -0.630. The number of nitrogens with one attached hydrogen (secondary N) is 1. The van der Waals surface area contributed by atoms with Crippen LogP contribution in [-0.4, -0.2) is 44.5 Å². The minimum atomic E-state index is -0.466. The molecule has 4 aromatic rings. The summed E-state index contributed by atoms with van der Waals surface area (Å²) in [5.41, 5.74) is 2.99. The number of hydrogen-bond acceptors (Lipinski definition) is 5. The molecule has 0 atom stereocenters. The lowest BCUT2D eigenvalue weighted by Crippen LogP contribution is -2.37. The number of amides is 2. The van der Waals surface area contributed by atoms with Gasteiger partial charge in [0.05, 0.1) is 17.9 Å². The van der Waals surface area contributed by atoms with Crippen LogP contribution in [0.3, 0.4) is 0 Å². The van der Waals surface area contributed by atoms with Crippen molar-refractivity contribution in [3.63, 3.8) is 0 Å². The lowest BCUT2D eigenvalue weighted by Gasteiger charge is -2.25. The third-order valence-electron chi connectivity index (χ3n) is 5.00. The molecule has 32 heavy (non-hydrogen) atoms. The lowest BCUT2D eigenvalue weighted by molar-refractivity contribution is 0.0955. The molecule has 2 amide bonds. The average molecular weight is 432 g/mol. The van der Waals surface area contributed by atoms with Crippen LogP contribution in [0.5, 0.6) is 0 Å². The summed E-state index contributed by atoms with van der Waals surface area (Å²) in [6.07, 6.45) is 6.07. The monoisotopic (exact) mass is 432 g/mol. The van der Waals surface area contributed by atoms with E-state index in [1.807, 2.05) is 13.8 Å². The zero-order valence-corrected chi connectivity index (χ0v) is 17.8. The van der Waals surface area contributed by atoms with Gasteiger partial charge in [0.1, 0.15) is 17.3 Å². The van der Waals surface area contributed by atoms with E-state index in [1.165, 1.54) is 17.0 Å². The van der Waals surface area contributed by atoms with Crippen LogP contribution in [0.15, 0.2) is 61.2 Å². The Morgan fingerprint density at radius 3 is 2.50 bits per heavy atom. The predicted octanol–water partition coefficient (Wildman–Crippen LogP) is 3.35. The fraction of sp³-hybridized carbons (Fsp3) is 0.174. The highest BCUT2D eigenvalue weighted by molar-refractivity contribution is 6.07. The molecule has 1 N–H and O–H groups in total. The van der Waals surface area contributed by atoms with Crippen molar-refractivity contribution in [2.24, 2.45) is 0 Å². The Hall–Kier alpha value is -4.14. The van der Waals surface area contributed by atoms with Crippen molar-refractivity contribution in [2.45, 2.75) is 19.9 Å². The first-order valence-corrected chi connectivity index (χ1v) is 10.00. The SMILES string of the molecule is CNC(=O)c1ccc(-c2cnn3ccc(C(=O)N(c4ccc(F)cn4)C(C)C)cc23)cn1. The molecule has 4 aromatic heterocycles. The van der Waals surface area contributed by atoms with Crippen molar-refractivity contribution in [3.8, 4) is 11.1 Å². The summed E-state index contributed by atoms with van der Waals surface area (Å²) in [5, 5.41) is 6.88. The molecule has 0 aliphatic carbocycles. The summed E-state index contributed by atoms with van der Waals surface area (Å²) >= 11 is 0. The molecule has 0 aliphatic rings. The Kier molecular flexibility index (Phi) is 5.63. The van der Waals surface area contributed by atoms with Crippen LogP contribution < -0.4 is 10.2 Å². The van der Waals surface area contributed by atoms with Gasteiger partial charge in [-0.3, -0.25) is 19.5 Å². The van der Waals surface area contributed by atoms with Crippen molar-refractivity contribution in [1.82, 2.24) is 24.9 Å². The Bertz CT molecular complexity index is 1280. The molecule has 4 heterocycles. The topological polar surface area (TPSA) is 92.5 Å². The molecule has 0 spiro atoms. The van der Waals surface area contributed by atoms with Crippen LogP contribution in [0.2, 0.25) is 0 Å². The van der Waals surface area contributed by atoms with Gasteiger partial charge in [0, 0.05) is 42.2 Å². The first-order chi connectivity index (χ1) is 15.4. The number of carbonyl (C=O) groups excluding carboxylic acids is 2. The highest BCUT2D eigenvalue weighted by Gasteiger charge is 2.23. The summed E-state index contributed by atoms with van der Waals surface area (Å²) < 4.78 is 15.0. The lowest BCUT2D eigenvalue weighted by atomic mass is 10.1. The van der Waals surface area contributed by atoms with E-state index in [0.717, 1.165) is 17.3 Å². The van der Waals surface area contributed by atoms with E-state index < -0.39 is 5.82 Å². The minimum absolute atomic E-state index is 0.192. The van der Waals surface area contributed by atoms with Crippen LogP contribution in [0, 0.1) is 5.82 Å². The molecule has 0 radical (unpaired) electrons. The minimum Gasteiger partial charge on any atom is -0.354 e. The third-order valence-corrected chi connectivity index (χ3v) is 5.00. The van der Waals surface area contributed by atoms with Gasteiger partial charge in [-0.15, -0.1) is 0 Å². The second-order valence-corrected chi connectivity index (χ2v) is 7.42. The number of hydrogen-bond donors (Lipinski definition) is 1. The number of fused-ring (bicyclic) bond motifs is 1. The Labute approximate surface area is 183 Å². The van der Waals surface area contributed by atoms with Crippen molar-refractivity contribution in [1.29, 1.82) is 0 Å². The van der Waals surface area contributed by atoms with E-state index in [1.54, 1.807) is 54.4 Å². The van der Waals surface area contributed by atoms with Gasteiger partial charge in [-0.2, -0.15) is 5.10 Å². The summed E-state index contributed by atoms with van der Waals surface area (Å²) in [7, 11) is 1.55. The van der Waals surface area contributed by atoms with Gasteiger partial charge in [0.25, 0.3) is 11.8 Å². The number of carbonyl (C=O) groups is 2. The molecule has 8 nitrogen and oxygen atoms in total. The maximum Gasteiger partial charge on any atom is 0.269 e. The fourth-order valence-corrected chi connectivity index (χ4v) is 3.40. The average Bonchev–Trinajstić information content (AvgIpc) is 3.23. The van der Waals surface area contributed by atoms with E-state index in [-0.39, 0.29) is 17.9 Å². The second kappa shape index (κ2) is 8.54. The van der Waals surface area contributed by atoms with E-state index in [0.29, 0.717) is 22.6 Å². The van der Waals surface area contributed by atoms with Crippen LogP contribution in [-0.2, 0) is 0 Å². The van der Waals surface area contributed by atoms with Gasteiger partial charge in [-0.1, -0.05) is 6.07 Å². The number of nitrogens with zero attached hydrogens (tertiary/aromatic N) is 5. The van der Waals surface area contributed by atoms with Gasteiger partial charge in [0.2, 0.25) is 0 Å². The number of rotatable bonds is 5. The van der Waals surface area contributed by atoms with Crippen LogP contribution in [0.1, 0.15) is 34.7 Å². The zero-order valence-electron chi connectivity index (χ0n) is 17.8. The highest BCUT2D eigenvalue weighted by Crippen LogP contribution is 2.26. The van der Waals surface area contributed by atoms with Gasteiger partial charge in [-0.05, 0) is 44.2 Å². The van der Waals surface area contributed by atoms with Crippen molar-refractivity contribution in [2.75, 3.05) is 11.9 Å². The maximum absolute atomic E-state index is 13.3. The third kappa shape index (κ3) is 3.92. The highest BCUT2D eigenvalue weighted by atomic mass is 19.1. The molecule has 0 unspecified atom stereocenters. The van der Waals surface area contributed by atoms with E-state index in [2.05, 4.69) is 20.4 Å². The van der Waals surface area contributed by atoms with Crippen LogP contribution in [0.25, 0.3) is 16.6 Å². The van der Waals surface area contributed by atoms with Gasteiger partial charge in [-0.25, -0.2) is 13.9 Å². The number of halogens is 1. The second-order valence-electron chi connectivity index (χ2n) is 7.42. The summed E-state index contributed by atoms with van der Waals surface area (Å²) in [6.45, 7) is 3.73.